The van der Waals surface area contributed by atoms with Crippen LogP contribution in [0.1, 0.15) is 25.3 Å². The Morgan fingerprint density at radius 3 is 2.81 bits per heavy atom. The van der Waals surface area contributed by atoms with E-state index in [9.17, 15) is 4.39 Å². The van der Waals surface area contributed by atoms with E-state index in [0.717, 1.165) is 16.5 Å². The van der Waals surface area contributed by atoms with Crippen LogP contribution >= 0.6 is 15.9 Å². The minimum absolute atomic E-state index is 0.199. The third kappa shape index (κ3) is 2.44. The molecular formula is C12H16BrFN2. The summed E-state index contributed by atoms with van der Waals surface area (Å²) in [7, 11) is 0. The fourth-order valence-electron chi connectivity index (χ4n) is 1.97. The van der Waals surface area contributed by atoms with E-state index in [2.05, 4.69) is 28.3 Å². The van der Waals surface area contributed by atoms with Crippen LogP contribution in [-0.2, 0) is 6.42 Å². The van der Waals surface area contributed by atoms with E-state index in [0.29, 0.717) is 0 Å². The van der Waals surface area contributed by atoms with Gasteiger partial charge in [0.15, 0.2) is 0 Å². The number of rotatable bonds is 4. The highest BCUT2D eigenvalue weighted by Gasteiger charge is 2.44. The number of hydrogen-bond acceptors (Lipinski definition) is 2. The Kier molecular flexibility index (Phi) is 3.33. The number of halogens is 2. The van der Waals surface area contributed by atoms with E-state index in [-0.39, 0.29) is 17.3 Å². The summed E-state index contributed by atoms with van der Waals surface area (Å²) in [5.41, 5.74) is 4.10. The Balaban J connectivity index is 2.15. The van der Waals surface area contributed by atoms with Crippen molar-refractivity contribution in [1.29, 1.82) is 0 Å². The van der Waals surface area contributed by atoms with Crippen LogP contribution in [0.25, 0.3) is 0 Å². The van der Waals surface area contributed by atoms with Crippen LogP contribution in [0.15, 0.2) is 22.7 Å². The Hall–Kier alpha value is -0.450. The fourth-order valence-corrected chi connectivity index (χ4v) is 2.38. The van der Waals surface area contributed by atoms with Gasteiger partial charge in [-0.05, 0) is 48.4 Å². The van der Waals surface area contributed by atoms with E-state index in [1.54, 1.807) is 12.1 Å². The SMILES string of the molecule is CC1(C(Cc2cc(F)ccc2Br)NN)CC1. The molecule has 1 atom stereocenters. The molecule has 2 nitrogen and oxygen atoms in total. The van der Waals surface area contributed by atoms with Crippen LogP contribution in [0.3, 0.4) is 0 Å². The highest BCUT2D eigenvalue weighted by Crippen LogP contribution is 2.48. The zero-order valence-corrected chi connectivity index (χ0v) is 10.8. The molecule has 3 N–H and O–H groups in total. The first-order valence-corrected chi connectivity index (χ1v) is 6.24. The minimum Gasteiger partial charge on any atom is -0.271 e. The second-order valence-corrected chi connectivity index (χ2v) is 5.67. The number of hydrazine groups is 1. The van der Waals surface area contributed by atoms with Gasteiger partial charge in [-0.2, -0.15) is 0 Å². The molecule has 4 heteroatoms. The van der Waals surface area contributed by atoms with Gasteiger partial charge in [-0.15, -0.1) is 0 Å². The maximum absolute atomic E-state index is 13.1. The fraction of sp³-hybridized carbons (Fsp3) is 0.500. The highest BCUT2D eigenvalue weighted by atomic mass is 79.9. The molecule has 16 heavy (non-hydrogen) atoms. The van der Waals surface area contributed by atoms with Crippen LogP contribution in [0.2, 0.25) is 0 Å². The first-order chi connectivity index (χ1) is 7.55. The molecule has 0 radical (unpaired) electrons. The number of hydrogen-bond donors (Lipinski definition) is 2. The van der Waals surface area contributed by atoms with Gasteiger partial charge >= 0.3 is 0 Å². The van der Waals surface area contributed by atoms with Crippen LogP contribution in [0.4, 0.5) is 4.39 Å². The molecule has 0 aromatic heterocycles. The molecule has 0 spiro atoms. The van der Waals surface area contributed by atoms with Gasteiger partial charge in [-0.1, -0.05) is 22.9 Å². The van der Waals surface area contributed by atoms with Gasteiger partial charge in [0.05, 0.1) is 0 Å². The normalized spacial score (nSPS) is 19.5. The van der Waals surface area contributed by atoms with Gasteiger partial charge in [-0.25, -0.2) is 4.39 Å². The molecule has 88 valence electrons. The lowest BCUT2D eigenvalue weighted by Gasteiger charge is -2.23. The largest absolute Gasteiger partial charge is 0.271 e. The molecule has 1 aromatic carbocycles. The third-order valence-electron chi connectivity index (χ3n) is 3.51. The Labute approximate surface area is 104 Å². The summed E-state index contributed by atoms with van der Waals surface area (Å²) in [6, 6.07) is 4.98. The van der Waals surface area contributed by atoms with Crippen molar-refractivity contribution in [1.82, 2.24) is 5.43 Å². The van der Waals surface area contributed by atoms with Gasteiger partial charge < -0.3 is 0 Å². The highest BCUT2D eigenvalue weighted by molar-refractivity contribution is 9.10. The molecule has 1 fully saturated rings. The van der Waals surface area contributed by atoms with Crippen molar-refractivity contribution in [3.8, 4) is 0 Å². The quantitative estimate of drug-likeness (QED) is 0.660. The molecule has 1 saturated carbocycles. The van der Waals surface area contributed by atoms with Crippen LogP contribution in [0, 0.1) is 11.2 Å². The van der Waals surface area contributed by atoms with Crippen molar-refractivity contribution in [2.45, 2.75) is 32.2 Å². The van der Waals surface area contributed by atoms with Gasteiger partial charge in [0.25, 0.3) is 0 Å². The summed E-state index contributed by atoms with van der Waals surface area (Å²) in [5.74, 6) is 5.38. The smallest absolute Gasteiger partial charge is 0.123 e. The molecule has 1 aliphatic rings. The summed E-state index contributed by atoms with van der Waals surface area (Å²) in [6.45, 7) is 2.21. The maximum Gasteiger partial charge on any atom is 0.123 e. The lowest BCUT2D eigenvalue weighted by Crippen LogP contribution is -2.42. The molecule has 0 saturated heterocycles. The molecule has 1 aliphatic carbocycles. The predicted molar refractivity (Wildman–Crippen MR) is 66.3 cm³/mol. The predicted octanol–water partition coefficient (Wildman–Crippen LogP) is 2.76. The van der Waals surface area contributed by atoms with Crippen LogP contribution in [0.5, 0.6) is 0 Å². The topological polar surface area (TPSA) is 38.0 Å². The molecule has 0 bridgehead atoms. The molecule has 0 heterocycles. The van der Waals surface area contributed by atoms with Crippen molar-refractivity contribution in [2.75, 3.05) is 0 Å². The Bertz CT molecular complexity index is 391. The molecule has 2 rings (SSSR count). The van der Waals surface area contributed by atoms with E-state index in [1.807, 2.05) is 0 Å². The van der Waals surface area contributed by atoms with Gasteiger partial charge in [0.1, 0.15) is 5.82 Å². The second kappa shape index (κ2) is 4.43. The van der Waals surface area contributed by atoms with Crippen LogP contribution in [-0.4, -0.2) is 6.04 Å². The zero-order valence-electron chi connectivity index (χ0n) is 9.26. The number of benzene rings is 1. The second-order valence-electron chi connectivity index (χ2n) is 4.81. The molecule has 1 aromatic rings. The van der Waals surface area contributed by atoms with Gasteiger partial charge in [-0.3, -0.25) is 11.3 Å². The summed E-state index contributed by atoms with van der Waals surface area (Å²) in [4.78, 5) is 0. The van der Waals surface area contributed by atoms with Crippen molar-refractivity contribution in [3.63, 3.8) is 0 Å². The van der Waals surface area contributed by atoms with Crippen molar-refractivity contribution >= 4 is 15.9 Å². The van der Waals surface area contributed by atoms with Crippen molar-refractivity contribution < 1.29 is 4.39 Å². The third-order valence-corrected chi connectivity index (χ3v) is 4.29. The summed E-state index contributed by atoms with van der Waals surface area (Å²) >= 11 is 3.44. The maximum atomic E-state index is 13.1. The number of nitrogens with two attached hydrogens (primary N) is 1. The average Bonchev–Trinajstić information content (AvgIpc) is 2.99. The van der Waals surface area contributed by atoms with E-state index >= 15 is 0 Å². The summed E-state index contributed by atoms with van der Waals surface area (Å²) in [6.07, 6.45) is 3.13. The first kappa shape index (κ1) is 12.0. The van der Waals surface area contributed by atoms with Crippen LogP contribution < -0.4 is 11.3 Å². The average molecular weight is 287 g/mol. The van der Waals surface area contributed by atoms with Gasteiger partial charge in [0, 0.05) is 10.5 Å². The lowest BCUT2D eigenvalue weighted by molar-refractivity contribution is 0.358. The standard InChI is InChI=1S/C12H16BrFN2/c1-12(4-5-12)11(16-15)7-8-6-9(14)2-3-10(8)13/h2-3,6,11,16H,4-5,7,15H2,1H3. The summed E-state index contributed by atoms with van der Waals surface area (Å²) < 4.78 is 14.1. The lowest BCUT2D eigenvalue weighted by atomic mass is 9.93. The van der Waals surface area contributed by atoms with E-state index < -0.39 is 0 Å². The molecule has 0 amide bonds. The van der Waals surface area contributed by atoms with E-state index in [4.69, 9.17) is 5.84 Å². The van der Waals surface area contributed by atoms with Crippen molar-refractivity contribution in [2.24, 2.45) is 11.3 Å². The Morgan fingerprint density at radius 2 is 2.25 bits per heavy atom. The minimum atomic E-state index is -0.199. The van der Waals surface area contributed by atoms with Crippen molar-refractivity contribution in [3.05, 3.63) is 34.1 Å². The monoisotopic (exact) mass is 286 g/mol. The zero-order chi connectivity index (χ0) is 11.8. The Morgan fingerprint density at radius 1 is 1.56 bits per heavy atom. The summed E-state index contributed by atoms with van der Waals surface area (Å²) in [5, 5.41) is 0. The number of nitrogens with one attached hydrogen (secondary N) is 1. The van der Waals surface area contributed by atoms with E-state index in [1.165, 1.54) is 18.9 Å². The molecule has 0 aliphatic heterocycles. The first-order valence-electron chi connectivity index (χ1n) is 5.45. The van der Waals surface area contributed by atoms with Gasteiger partial charge in [0.2, 0.25) is 0 Å². The molecular weight excluding hydrogens is 271 g/mol. The molecule has 1 unspecified atom stereocenters.